The third-order valence-corrected chi connectivity index (χ3v) is 9.91. The molecule has 306 valence electrons. The van der Waals surface area contributed by atoms with Crippen molar-refractivity contribution in [1.29, 1.82) is 0 Å². The predicted molar refractivity (Wildman–Crippen MR) is 227 cm³/mol. The Bertz CT molecular complexity index is 1910. The summed E-state index contributed by atoms with van der Waals surface area (Å²) in [5.41, 5.74) is 4.37. The van der Waals surface area contributed by atoms with Crippen molar-refractivity contribution in [2.24, 2.45) is 0 Å². The fraction of sp³-hybridized carbons (Fsp3) is 0.450. The average Bonchev–Trinajstić information content (AvgIpc) is 3.59. The molecule has 3 heterocycles. The normalized spacial score (nSPS) is 14.5. The van der Waals surface area contributed by atoms with Crippen molar-refractivity contribution in [2.75, 3.05) is 90.5 Å². The maximum absolute atomic E-state index is 13.8. The molecule has 0 atom stereocenters. The van der Waals surface area contributed by atoms with Gasteiger partial charge in [0.05, 0.1) is 55.9 Å². The Morgan fingerprint density at radius 2 is 1.66 bits per heavy atom. The Kier molecular flexibility index (Phi) is 18.2. The number of aryl methyl sites for hydroxylation is 1. The van der Waals surface area contributed by atoms with E-state index in [1.807, 2.05) is 48.2 Å². The van der Waals surface area contributed by atoms with E-state index < -0.39 is 0 Å². The van der Waals surface area contributed by atoms with Crippen molar-refractivity contribution in [2.45, 2.75) is 39.2 Å². The van der Waals surface area contributed by atoms with Gasteiger partial charge in [-0.25, -0.2) is 4.98 Å². The summed E-state index contributed by atoms with van der Waals surface area (Å²) in [7, 11) is 5.26. The molecular weight excluding hydrogens is 781 g/mol. The van der Waals surface area contributed by atoms with Gasteiger partial charge in [-0.15, -0.1) is 37.2 Å². The first-order chi connectivity index (χ1) is 25.7. The summed E-state index contributed by atoms with van der Waals surface area (Å²) >= 11 is 0. The summed E-state index contributed by atoms with van der Waals surface area (Å²) in [6.45, 7) is 9.66. The molecule has 0 spiro atoms. The number of unbranched alkanes of at least 4 members (excludes halogenated alkanes) is 2. The van der Waals surface area contributed by atoms with Crippen molar-refractivity contribution in [3.63, 3.8) is 0 Å². The van der Waals surface area contributed by atoms with Crippen LogP contribution in [-0.2, 0) is 16.1 Å². The number of carbonyl (C=O) groups is 3. The van der Waals surface area contributed by atoms with Gasteiger partial charge in [0.15, 0.2) is 0 Å². The lowest BCUT2D eigenvalue weighted by atomic mass is 10.1. The number of nitrogens with zero attached hydrogens (tertiary/aromatic N) is 5. The van der Waals surface area contributed by atoms with E-state index >= 15 is 0 Å². The molecule has 0 aliphatic carbocycles. The summed E-state index contributed by atoms with van der Waals surface area (Å²) in [6, 6.07) is 16.2. The van der Waals surface area contributed by atoms with Gasteiger partial charge < -0.3 is 39.2 Å². The number of hydrogen-bond acceptors (Lipinski definition) is 9. The highest BCUT2D eigenvalue weighted by molar-refractivity contribution is 6.11. The van der Waals surface area contributed by atoms with Crippen LogP contribution in [0.25, 0.3) is 11.0 Å². The molecule has 2 saturated heterocycles. The van der Waals surface area contributed by atoms with Gasteiger partial charge in [0.25, 0.3) is 11.8 Å². The maximum Gasteiger partial charge on any atom is 0.259 e. The summed E-state index contributed by atoms with van der Waals surface area (Å²) < 4.78 is 17.3. The Morgan fingerprint density at radius 3 is 2.39 bits per heavy atom. The molecule has 3 aromatic carbocycles. The van der Waals surface area contributed by atoms with Gasteiger partial charge in [-0.05, 0) is 81.3 Å². The Balaban J connectivity index is 0.00000280. The van der Waals surface area contributed by atoms with Crippen LogP contribution in [0.4, 0.5) is 11.4 Å². The minimum Gasteiger partial charge on any atom is -0.496 e. The number of carbonyl (C=O) groups excluding carboxylic acids is 3. The molecule has 0 unspecified atom stereocenters. The van der Waals surface area contributed by atoms with Crippen molar-refractivity contribution >= 4 is 77.4 Å². The lowest BCUT2D eigenvalue weighted by molar-refractivity contribution is -0.132. The molecule has 0 saturated carbocycles. The number of H-pyrrole nitrogens is 1. The largest absolute Gasteiger partial charge is 0.496 e. The lowest BCUT2D eigenvalue weighted by Gasteiger charge is -2.32. The second kappa shape index (κ2) is 22.0. The standard InChI is InChI=1S/C40H51N7O6.3ClH/c1-28-12-15-33(35(25-28)53-22-7-5-6-11-37(48)47-18-16-44(2)17-19-47)45(3)40(50)29-13-14-30(34(26-29)51-4)39(49)42-32-10-8-9-31-38(32)43-36(41-31)27-46-20-23-52-24-21-46;;;/h8-10,12-15,25-26H,5-7,11,16-24,27H2,1-4H3,(H,41,43)(H,42,49);3*1H. The first kappa shape index (κ1) is 46.3. The van der Waals surface area contributed by atoms with Crippen molar-refractivity contribution in [3.8, 4) is 11.5 Å². The third kappa shape index (κ3) is 11.7. The van der Waals surface area contributed by atoms with Gasteiger partial charge in [-0.1, -0.05) is 12.1 Å². The molecule has 2 aliphatic rings. The number of amides is 3. The number of halogens is 3. The van der Waals surface area contributed by atoms with Crippen LogP contribution in [-0.4, -0.2) is 123 Å². The van der Waals surface area contributed by atoms with Crippen LogP contribution in [0.1, 0.15) is 57.8 Å². The quantitative estimate of drug-likeness (QED) is 0.142. The molecule has 3 amide bonds. The fourth-order valence-corrected chi connectivity index (χ4v) is 6.70. The number of aromatic amines is 1. The molecule has 2 N–H and O–H groups in total. The lowest BCUT2D eigenvalue weighted by Crippen LogP contribution is -2.47. The number of fused-ring (bicyclic) bond motifs is 1. The average molecular weight is 835 g/mol. The van der Waals surface area contributed by atoms with Crippen molar-refractivity contribution in [1.82, 2.24) is 24.7 Å². The minimum absolute atomic E-state index is 0. The molecule has 0 bridgehead atoms. The van der Waals surface area contributed by atoms with Gasteiger partial charge in [-0.2, -0.15) is 0 Å². The van der Waals surface area contributed by atoms with Gasteiger partial charge in [0.1, 0.15) is 22.8 Å². The molecule has 56 heavy (non-hydrogen) atoms. The number of imidazole rings is 1. The molecule has 2 fully saturated rings. The highest BCUT2D eigenvalue weighted by Crippen LogP contribution is 2.32. The number of morpholine rings is 1. The van der Waals surface area contributed by atoms with Crippen LogP contribution < -0.4 is 19.7 Å². The summed E-state index contributed by atoms with van der Waals surface area (Å²) in [5.74, 6) is 1.28. The van der Waals surface area contributed by atoms with Gasteiger partial charge in [-0.3, -0.25) is 19.3 Å². The predicted octanol–water partition coefficient (Wildman–Crippen LogP) is 6.22. The van der Waals surface area contributed by atoms with E-state index in [1.54, 1.807) is 30.1 Å². The first-order valence-electron chi connectivity index (χ1n) is 18.4. The highest BCUT2D eigenvalue weighted by Gasteiger charge is 2.23. The molecule has 1 aromatic heterocycles. The zero-order valence-corrected chi connectivity index (χ0v) is 35.0. The SMILES string of the molecule is COc1cc(C(=O)N(C)c2ccc(C)cc2OCCCCCC(=O)N2CCN(C)CC2)ccc1C(=O)Nc1cccc2[nH]c(CN3CCOCC3)nc12.Cl.Cl.Cl. The number of anilines is 2. The first-order valence-corrected chi connectivity index (χ1v) is 18.4. The number of piperazine rings is 1. The van der Waals surface area contributed by atoms with Crippen LogP contribution in [0.15, 0.2) is 54.6 Å². The molecular formula is C40H54Cl3N7O6. The number of likely N-dealkylation sites (N-methyl/N-ethyl adjacent to an activating group) is 1. The van der Waals surface area contributed by atoms with E-state index in [0.717, 1.165) is 75.4 Å². The number of methoxy groups -OCH3 is 1. The van der Waals surface area contributed by atoms with E-state index in [1.165, 1.54) is 7.11 Å². The number of benzene rings is 3. The second-order valence-corrected chi connectivity index (χ2v) is 13.8. The Morgan fingerprint density at radius 1 is 0.911 bits per heavy atom. The Labute approximate surface area is 347 Å². The minimum atomic E-state index is -0.377. The molecule has 4 aromatic rings. The number of hydrogen-bond donors (Lipinski definition) is 2. The van der Waals surface area contributed by atoms with E-state index in [4.69, 9.17) is 19.2 Å². The molecule has 6 rings (SSSR count). The fourth-order valence-electron chi connectivity index (χ4n) is 6.70. The van der Waals surface area contributed by atoms with Crippen LogP contribution in [0.3, 0.4) is 0 Å². The summed E-state index contributed by atoms with van der Waals surface area (Å²) in [4.78, 5) is 56.1. The van der Waals surface area contributed by atoms with Gasteiger partial charge >= 0.3 is 0 Å². The van der Waals surface area contributed by atoms with E-state index in [-0.39, 0.29) is 66.3 Å². The number of nitrogens with one attached hydrogen (secondary N) is 2. The topological polar surface area (TPSA) is 133 Å². The van der Waals surface area contributed by atoms with E-state index in [0.29, 0.717) is 61.0 Å². The summed E-state index contributed by atoms with van der Waals surface area (Å²) in [6.07, 6.45) is 3.05. The highest BCUT2D eigenvalue weighted by atomic mass is 35.5. The number of para-hydroxylation sites is 1. The molecule has 16 heteroatoms. The molecule has 2 aliphatic heterocycles. The maximum atomic E-state index is 13.8. The van der Waals surface area contributed by atoms with Gasteiger partial charge in [0.2, 0.25) is 5.91 Å². The Hall–Kier alpha value is -4.11. The van der Waals surface area contributed by atoms with Crippen LogP contribution in [0.5, 0.6) is 11.5 Å². The van der Waals surface area contributed by atoms with Crippen LogP contribution in [0.2, 0.25) is 0 Å². The van der Waals surface area contributed by atoms with Crippen molar-refractivity contribution in [3.05, 3.63) is 77.1 Å². The van der Waals surface area contributed by atoms with Crippen molar-refractivity contribution < 1.29 is 28.6 Å². The number of ether oxygens (including phenoxy) is 3. The third-order valence-electron chi connectivity index (χ3n) is 9.91. The smallest absolute Gasteiger partial charge is 0.259 e. The summed E-state index contributed by atoms with van der Waals surface area (Å²) in [5, 5.41) is 2.99. The number of aromatic nitrogens is 2. The van der Waals surface area contributed by atoms with Crippen LogP contribution in [0, 0.1) is 6.92 Å². The van der Waals surface area contributed by atoms with Gasteiger partial charge in [0, 0.05) is 58.3 Å². The molecule has 13 nitrogen and oxygen atoms in total. The monoisotopic (exact) mass is 833 g/mol. The zero-order valence-electron chi connectivity index (χ0n) is 32.5. The van der Waals surface area contributed by atoms with Crippen LogP contribution >= 0.6 is 37.2 Å². The zero-order chi connectivity index (χ0) is 37.3. The number of rotatable bonds is 14. The second-order valence-electron chi connectivity index (χ2n) is 13.8. The molecule has 0 radical (unpaired) electrons. The van der Waals surface area contributed by atoms with E-state index in [9.17, 15) is 14.4 Å². The van der Waals surface area contributed by atoms with E-state index in [2.05, 4.69) is 27.1 Å².